The molecule has 2 N–H and O–H groups in total. The number of aromatic nitrogens is 1. The summed E-state index contributed by atoms with van der Waals surface area (Å²) in [6.45, 7) is 0. The van der Waals surface area contributed by atoms with Gasteiger partial charge in [0.15, 0.2) is 15.0 Å². The Bertz CT molecular complexity index is 1060. The Labute approximate surface area is 153 Å². The van der Waals surface area contributed by atoms with Crippen LogP contribution in [0.3, 0.4) is 0 Å². The molecule has 7 nitrogen and oxygen atoms in total. The van der Waals surface area contributed by atoms with E-state index in [4.69, 9.17) is 0 Å². The van der Waals surface area contributed by atoms with Gasteiger partial charge in [-0.3, -0.25) is 9.59 Å². The fraction of sp³-hybridized carbons (Fsp3) is 0.353. The van der Waals surface area contributed by atoms with Crippen LogP contribution in [0.1, 0.15) is 6.42 Å². The number of nitrogens with one attached hydrogen (secondary N) is 1. The van der Waals surface area contributed by atoms with Crippen molar-refractivity contribution in [1.82, 2.24) is 4.98 Å². The largest absolute Gasteiger partial charge is 0.481 e. The Balaban J connectivity index is 1.60. The fourth-order valence-corrected chi connectivity index (χ4v) is 5.52. The summed E-state index contributed by atoms with van der Waals surface area (Å²) >= 11 is 1.17. The first-order chi connectivity index (χ1) is 12.2. The number of nitrogens with zero attached hydrogens (tertiary/aromatic N) is 1. The summed E-state index contributed by atoms with van der Waals surface area (Å²) in [6, 6.07) is 4.60. The van der Waals surface area contributed by atoms with E-state index in [-0.39, 0.29) is 22.6 Å². The Kier molecular flexibility index (Phi) is 3.89. The summed E-state index contributed by atoms with van der Waals surface area (Å²) in [5.41, 5.74) is 0.584. The minimum atomic E-state index is -3.33. The lowest BCUT2D eigenvalue weighted by atomic mass is 9.82. The third-order valence-electron chi connectivity index (χ3n) is 5.07. The number of hydrogen-bond donors (Lipinski definition) is 2. The van der Waals surface area contributed by atoms with Gasteiger partial charge in [0.05, 0.1) is 26.9 Å². The van der Waals surface area contributed by atoms with Gasteiger partial charge in [-0.2, -0.15) is 0 Å². The summed E-state index contributed by atoms with van der Waals surface area (Å²) in [5, 5.41) is 12.5. The summed E-state index contributed by atoms with van der Waals surface area (Å²) in [6.07, 6.45) is 5.63. The number of carbonyl (C=O) groups is 2. The van der Waals surface area contributed by atoms with Gasteiger partial charge >= 0.3 is 5.97 Å². The van der Waals surface area contributed by atoms with Crippen molar-refractivity contribution in [2.24, 2.45) is 23.7 Å². The molecule has 1 aromatic carbocycles. The van der Waals surface area contributed by atoms with Gasteiger partial charge in [-0.25, -0.2) is 13.4 Å². The summed E-state index contributed by atoms with van der Waals surface area (Å²) in [4.78, 5) is 28.7. The second-order valence-corrected chi connectivity index (χ2v) is 9.79. The highest BCUT2D eigenvalue weighted by Gasteiger charge is 2.51. The van der Waals surface area contributed by atoms with Crippen molar-refractivity contribution in [3.63, 3.8) is 0 Å². The summed E-state index contributed by atoms with van der Waals surface area (Å²) < 4.78 is 24.0. The van der Waals surface area contributed by atoms with Crippen molar-refractivity contribution in [3.8, 4) is 0 Å². The number of thiazole rings is 1. The molecule has 2 aliphatic rings. The van der Waals surface area contributed by atoms with Crippen molar-refractivity contribution in [2.75, 3.05) is 11.6 Å². The molecule has 4 rings (SSSR count). The van der Waals surface area contributed by atoms with Crippen molar-refractivity contribution < 1.29 is 23.1 Å². The number of carboxylic acids is 1. The number of benzene rings is 1. The zero-order valence-electron chi connectivity index (χ0n) is 13.7. The molecule has 2 aliphatic carbocycles. The second-order valence-electron chi connectivity index (χ2n) is 6.75. The first-order valence-corrected chi connectivity index (χ1v) is 10.8. The average Bonchev–Trinajstić information content (AvgIpc) is 3.25. The summed E-state index contributed by atoms with van der Waals surface area (Å²) in [7, 11) is -3.33. The maximum Gasteiger partial charge on any atom is 0.307 e. The van der Waals surface area contributed by atoms with Gasteiger partial charge in [0.25, 0.3) is 0 Å². The van der Waals surface area contributed by atoms with Gasteiger partial charge in [0.1, 0.15) is 0 Å². The second kappa shape index (κ2) is 5.88. The molecule has 1 amide bonds. The molecule has 1 heterocycles. The van der Waals surface area contributed by atoms with Crippen LogP contribution in [0.25, 0.3) is 10.2 Å². The van der Waals surface area contributed by atoms with Crippen LogP contribution in [0, 0.1) is 23.7 Å². The molecule has 4 atom stereocenters. The Morgan fingerprint density at radius 1 is 1.23 bits per heavy atom. The highest BCUT2D eigenvalue weighted by atomic mass is 32.2. The van der Waals surface area contributed by atoms with Crippen LogP contribution in [0.15, 0.2) is 35.2 Å². The first kappa shape index (κ1) is 17.2. The van der Waals surface area contributed by atoms with Gasteiger partial charge in [-0.05, 0) is 36.5 Å². The van der Waals surface area contributed by atoms with Crippen LogP contribution in [0.4, 0.5) is 5.13 Å². The number of fused-ring (bicyclic) bond motifs is 3. The van der Waals surface area contributed by atoms with Crippen LogP contribution < -0.4 is 5.32 Å². The number of aliphatic carboxylic acids is 1. The standard InChI is InChI=1S/C17H16N2O5S2/c1-26(23,24)10-4-5-11-12(7-10)25-17(18-11)19-15(20)13-8-2-3-9(6-8)14(13)16(21)22/h2-5,7-9,13-14H,6H2,1H3,(H,21,22)(H,18,19,20)/t8-,9-,13-,14+/m0/s1. The van der Waals surface area contributed by atoms with Crippen molar-refractivity contribution in [2.45, 2.75) is 11.3 Å². The van der Waals surface area contributed by atoms with E-state index in [1.165, 1.54) is 23.5 Å². The third kappa shape index (κ3) is 2.80. The van der Waals surface area contributed by atoms with Crippen LogP contribution >= 0.6 is 11.3 Å². The number of carboxylic acid groups (broad SMARTS) is 1. The minimum absolute atomic E-state index is 0.0627. The topological polar surface area (TPSA) is 113 Å². The molecular formula is C17H16N2O5S2. The van der Waals surface area contributed by atoms with Crippen LogP contribution in [-0.4, -0.2) is 36.6 Å². The third-order valence-corrected chi connectivity index (χ3v) is 7.11. The van der Waals surface area contributed by atoms with E-state index in [0.29, 0.717) is 21.8 Å². The summed E-state index contributed by atoms with van der Waals surface area (Å²) in [5.74, 6) is -2.79. The molecule has 0 unspecified atom stereocenters. The maximum absolute atomic E-state index is 12.7. The van der Waals surface area contributed by atoms with Gasteiger partial charge < -0.3 is 10.4 Å². The number of hydrogen-bond acceptors (Lipinski definition) is 6. The Morgan fingerprint density at radius 3 is 2.58 bits per heavy atom. The molecule has 0 aliphatic heterocycles. The monoisotopic (exact) mass is 392 g/mol. The highest BCUT2D eigenvalue weighted by Crippen LogP contribution is 2.48. The molecule has 0 saturated heterocycles. The van der Waals surface area contributed by atoms with Gasteiger partial charge in [-0.1, -0.05) is 23.5 Å². The molecule has 0 radical (unpaired) electrons. The van der Waals surface area contributed by atoms with E-state index < -0.39 is 27.6 Å². The molecular weight excluding hydrogens is 376 g/mol. The van der Waals surface area contributed by atoms with E-state index in [1.54, 1.807) is 6.07 Å². The minimum Gasteiger partial charge on any atom is -0.481 e. The highest BCUT2D eigenvalue weighted by molar-refractivity contribution is 7.90. The molecule has 1 saturated carbocycles. The lowest BCUT2D eigenvalue weighted by Gasteiger charge is -2.23. The lowest BCUT2D eigenvalue weighted by molar-refractivity contribution is -0.146. The van der Waals surface area contributed by atoms with Gasteiger partial charge in [-0.15, -0.1) is 0 Å². The normalized spacial score (nSPS) is 27.1. The van der Waals surface area contributed by atoms with E-state index >= 15 is 0 Å². The zero-order chi connectivity index (χ0) is 18.6. The predicted octanol–water partition coefficient (Wildman–Crippen LogP) is 2.16. The van der Waals surface area contributed by atoms with Crippen LogP contribution in [-0.2, 0) is 19.4 Å². The molecule has 1 fully saturated rings. The first-order valence-electron chi connectivity index (χ1n) is 8.06. The molecule has 2 bridgehead atoms. The number of carbonyl (C=O) groups excluding carboxylic acids is 1. The smallest absolute Gasteiger partial charge is 0.307 e. The predicted molar refractivity (Wildman–Crippen MR) is 96.7 cm³/mol. The number of anilines is 1. The molecule has 9 heteroatoms. The van der Waals surface area contributed by atoms with E-state index in [9.17, 15) is 23.1 Å². The van der Waals surface area contributed by atoms with Crippen molar-refractivity contribution in [1.29, 1.82) is 0 Å². The van der Waals surface area contributed by atoms with E-state index in [0.717, 1.165) is 6.26 Å². The Morgan fingerprint density at radius 2 is 1.92 bits per heavy atom. The number of rotatable bonds is 4. The SMILES string of the molecule is CS(=O)(=O)c1ccc2nc(NC(=O)[C@@H]3[C@H](C(=O)O)[C@H]4C=C[C@H]3C4)sc2c1. The van der Waals surface area contributed by atoms with Crippen LogP contribution in [0.5, 0.6) is 0 Å². The number of allylic oxidation sites excluding steroid dienone is 2. The van der Waals surface area contributed by atoms with E-state index in [1.807, 2.05) is 12.2 Å². The van der Waals surface area contributed by atoms with E-state index in [2.05, 4.69) is 10.3 Å². The Hall–Kier alpha value is -2.26. The zero-order valence-corrected chi connectivity index (χ0v) is 15.4. The lowest BCUT2D eigenvalue weighted by Crippen LogP contribution is -2.36. The average molecular weight is 392 g/mol. The molecule has 2 aromatic rings. The molecule has 1 aromatic heterocycles. The number of sulfone groups is 1. The quantitative estimate of drug-likeness (QED) is 0.771. The molecule has 136 valence electrons. The number of amides is 1. The fourth-order valence-electron chi connectivity index (χ4n) is 3.89. The van der Waals surface area contributed by atoms with Crippen molar-refractivity contribution in [3.05, 3.63) is 30.4 Å². The molecule has 26 heavy (non-hydrogen) atoms. The van der Waals surface area contributed by atoms with Crippen molar-refractivity contribution >= 4 is 48.4 Å². The van der Waals surface area contributed by atoms with Gasteiger partial charge in [0.2, 0.25) is 5.91 Å². The van der Waals surface area contributed by atoms with Gasteiger partial charge in [0, 0.05) is 6.26 Å². The molecule has 0 spiro atoms. The maximum atomic E-state index is 12.7. The van der Waals surface area contributed by atoms with Crippen LogP contribution in [0.2, 0.25) is 0 Å².